The number of sulfonamides is 1. The Hall–Kier alpha value is -3.03. The molecule has 0 bridgehead atoms. The molecule has 0 aliphatic carbocycles. The Morgan fingerprint density at radius 3 is 2.53 bits per heavy atom. The fourth-order valence-corrected chi connectivity index (χ4v) is 5.13. The Labute approximate surface area is 180 Å². The first-order chi connectivity index (χ1) is 14.3. The molecule has 3 aromatic carbocycles. The first-order valence-electron chi connectivity index (χ1n) is 9.39. The van der Waals surface area contributed by atoms with Crippen LogP contribution in [0.25, 0.3) is 0 Å². The van der Waals surface area contributed by atoms with E-state index >= 15 is 0 Å². The molecule has 2 amide bonds. The second-order valence-electron chi connectivity index (χ2n) is 7.02. The van der Waals surface area contributed by atoms with Crippen LogP contribution in [0.1, 0.15) is 11.1 Å². The lowest BCUT2D eigenvalue weighted by Crippen LogP contribution is -2.29. The van der Waals surface area contributed by atoms with Crippen LogP contribution in [0.2, 0.25) is 5.02 Å². The quantitative estimate of drug-likeness (QED) is 0.595. The third kappa shape index (κ3) is 3.99. The third-order valence-corrected chi connectivity index (χ3v) is 7.03. The van der Waals surface area contributed by atoms with Gasteiger partial charge < -0.3 is 10.6 Å². The Kier molecular flexibility index (Phi) is 5.40. The second kappa shape index (κ2) is 8.01. The summed E-state index contributed by atoms with van der Waals surface area (Å²) in [6, 6.07) is 18.5. The van der Waals surface area contributed by atoms with Crippen molar-refractivity contribution in [2.24, 2.45) is 0 Å². The maximum absolute atomic E-state index is 13.0. The zero-order chi connectivity index (χ0) is 21.3. The molecule has 8 heteroatoms. The molecule has 0 atom stereocenters. The summed E-state index contributed by atoms with van der Waals surface area (Å²) >= 11 is 5.99. The van der Waals surface area contributed by atoms with Crippen LogP contribution in [0, 0.1) is 6.92 Å². The second-order valence-corrected chi connectivity index (χ2v) is 9.32. The molecule has 154 valence electrons. The number of benzene rings is 3. The maximum atomic E-state index is 13.0. The molecule has 1 aliphatic rings. The van der Waals surface area contributed by atoms with E-state index in [4.69, 9.17) is 11.6 Å². The minimum atomic E-state index is -3.62. The molecule has 0 radical (unpaired) electrons. The van der Waals surface area contributed by atoms with Crippen molar-refractivity contribution in [1.29, 1.82) is 0 Å². The van der Waals surface area contributed by atoms with Gasteiger partial charge in [-0.25, -0.2) is 13.2 Å². The van der Waals surface area contributed by atoms with E-state index in [-0.39, 0.29) is 4.90 Å². The number of carbonyl (C=O) groups is 1. The number of aryl methyl sites for hydroxylation is 1. The number of fused-ring (bicyclic) bond motifs is 1. The van der Waals surface area contributed by atoms with Crippen molar-refractivity contribution in [1.82, 2.24) is 0 Å². The average molecular weight is 442 g/mol. The lowest BCUT2D eigenvalue weighted by atomic mass is 10.1. The van der Waals surface area contributed by atoms with Crippen molar-refractivity contribution < 1.29 is 13.2 Å². The number of hydrogen-bond acceptors (Lipinski definition) is 3. The van der Waals surface area contributed by atoms with E-state index < -0.39 is 16.1 Å². The Morgan fingerprint density at radius 1 is 1.00 bits per heavy atom. The largest absolute Gasteiger partial charge is 0.323 e. The normalized spacial score (nSPS) is 13.1. The predicted molar refractivity (Wildman–Crippen MR) is 120 cm³/mol. The van der Waals surface area contributed by atoms with Crippen LogP contribution >= 0.6 is 11.6 Å². The molecule has 1 aliphatic heterocycles. The molecule has 4 rings (SSSR count). The number of halogens is 1. The summed E-state index contributed by atoms with van der Waals surface area (Å²) in [5, 5.41) is 6.11. The van der Waals surface area contributed by atoms with Gasteiger partial charge in [0.1, 0.15) is 0 Å². The smallest absolute Gasteiger partial charge is 0.308 e. The van der Waals surface area contributed by atoms with Gasteiger partial charge in [0, 0.05) is 22.9 Å². The summed E-state index contributed by atoms with van der Waals surface area (Å²) in [5.74, 6) is 0. The van der Waals surface area contributed by atoms with Gasteiger partial charge in [0.25, 0.3) is 10.0 Å². The molecule has 6 nitrogen and oxygen atoms in total. The predicted octanol–water partition coefficient (Wildman–Crippen LogP) is 5.04. The number of hydrogen-bond donors (Lipinski definition) is 2. The SMILES string of the molecule is Cc1ccc(Cl)cc1NC(=O)Nc1ccc2c(c1)CCN2S(=O)(=O)c1ccccc1. The van der Waals surface area contributed by atoms with Gasteiger partial charge in [-0.05, 0) is 66.9 Å². The van der Waals surface area contributed by atoms with Crippen LogP contribution < -0.4 is 14.9 Å². The van der Waals surface area contributed by atoms with Gasteiger partial charge in [-0.2, -0.15) is 0 Å². The highest BCUT2D eigenvalue weighted by atomic mass is 35.5. The lowest BCUT2D eigenvalue weighted by Gasteiger charge is -2.20. The van der Waals surface area contributed by atoms with E-state index in [9.17, 15) is 13.2 Å². The van der Waals surface area contributed by atoms with Crippen molar-refractivity contribution in [3.05, 3.63) is 82.9 Å². The molecule has 0 unspecified atom stereocenters. The van der Waals surface area contributed by atoms with Gasteiger partial charge in [0.2, 0.25) is 0 Å². The average Bonchev–Trinajstić information content (AvgIpc) is 3.15. The number of nitrogens with zero attached hydrogens (tertiary/aromatic N) is 1. The summed E-state index contributed by atoms with van der Waals surface area (Å²) < 4.78 is 27.3. The highest BCUT2D eigenvalue weighted by Gasteiger charge is 2.30. The molecule has 0 spiro atoms. The zero-order valence-corrected chi connectivity index (χ0v) is 17.8. The number of amides is 2. The molecule has 3 aromatic rings. The lowest BCUT2D eigenvalue weighted by molar-refractivity contribution is 0.262. The number of nitrogens with one attached hydrogen (secondary N) is 2. The van der Waals surface area contributed by atoms with Crippen LogP contribution in [0.4, 0.5) is 21.9 Å². The fraction of sp³-hybridized carbons (Fsp3) is 0.136. The van der Waals surface area contributed by atoms with Crippen LogP contribution in [0.5, 0.6) is 0 Å². The topological polar surface area (TPSA) is 78.5 Å². The highest BCUT2D eigenvalue weighted by molar-refractivity contribution is 7.92. The molecule has 0 saturated heterocycles. The van der Waals surface area contributed by atoms with Crippen molar-refractivity contribution in [3.63, 3.8) is 0 Å². The van der Waals surface area contributed by atoms with Crippen molar-refractivity contribution >= 4 is 44.7 Å². The van der Waals surface area contributed by atoms with Gasteiger partial charge in [-0.3, -0.25) is 4.31 Å². The van der Waals surface area contributed by atoms with Gasteiger partial charge in [0.05, 0.1) is 10.6 Å². The fourth-order valence-electron chi connectivity index (χ4n) is 3.43. The van der Waals surface area contributed by atoms with Crippen molar-refractivity contribution in [2.45, 2.75) is 18.2 Å². The van der Waals surface area contributed by atoms with Crippen molar-refractivity contribution in [3.8, 4) is 0 Å². The number of urea groups is 1. The molecule has 30 heavy (non-hydrogen) atoms. The minimum absolute atomic E-state index is 0.260. The van der Waals surface area contributed by atoms with E-state index in [1.165, 1.54) is 4.31 Å². The summed E-state index contributed by atoms with van der Waals surface area (Å²) in [6.45, 7) is 2.24. The third-order valence-electron chi connectivity index (χ3n) is 4.97. The Balaban J connectivity index is 1.51. The molecule has 0 aromatic heterocycles. The van der Waals surface area contributed by atoms with Gasteiger partial charge in [-0.15, -0.1) is 0 Å². The van der Waals surface area contributed by atoms with E-state index in [2.05, 4.69) is 10.6 Å². The monoisotopic (exact) mass is 441 g/mol. The van der Waals surface area contributed by atoms with Gasteiger partial charge in [0.15, 0.2) is 0 Å². The van der Waals surface area contributed by atoms with Crippen LogP contribution in [-0.4, -0.2) is 21.0 Å². The van der Waals surface area contributed by atoms with Crippen LogP contribution in [0.15, 0.2) is 71.6 Å². The van der Waals surface area contributed by atoms with E-state index in [0.29, 0.717) is 35.1 Å². The summed E-state index contributed by atoms with van der Waals surface area (Å²) in [6.07, 6.45) is 0.575. The minimum Gasteiger partial charge on any atom is -0.308 e. The molecule has 2 N–H and O–H groups in total. The molecule has 1 heterocycles. The Bertz CT molecular complexity index is 1210. The van der Waals surface area contributed by atoms with Crippen molar-refractivity contribution in [2.75, 3.05) is 21.5 Å². The standard InChI is InChI=1S/C22H20ClN3O3S/c1-15-7-8-17(23)14-20(15)25-22(27)24-18-9-10-21-16(13-18)11-12-26(21)30(28,29)19-5-3-2-4-6-19/h2-10,13-14H,11-12H2,1H3,(H2,24,25,27). The van der Waals surface area contributed by atoms with E-state index in [1.54, 1.807) is 60.7 Å². The first-order valence-corrected chi connectivity index (χ1v) is 11.2. The summed E-state index contributed by atoms with van der Waals surface area (Å²) in [4.78, 5) is 12.6. The summed E-state index contributed by atoms with van der Waals surface area (Å²) in [7, 11) is -3.62. The van der Waals surface area contributed by atoms with Gasteiger partial charge in [-0.1, -0.05) is 35.9 Å². The number of rotatable bonds is 4. The van der Waals surface area contributed by atoms with Crippen LogP contribution in [0.3, 0.4) is 0 Å². The number of carbonyl (C=O) groups excluding carboxylic acids is 1. The number of anilines is 3. The van der Waals surface area contributed by atoms with Gasteiger partial charge >= 0.3 is 6.03 Å². The Morgan fingerprint density at radius 2 is 1.77 bits per heavy atom. The van der Waals surface area contributed by atoms with E-state index in [1.807, 2.05) is 13.0 Å². The first kappa shape index (κ1) is 20.3. The van der Waals surface area contributed by atoms with E-state index in [0.717, 1.165) is 11.1 Å². The molecule has 0 fully saturated rings. The molecule has 0 saturated carbocycles. The molecular formula is C22H20ClN3O3S. The van der Waals surface area contributed by atoms with Crippen LogP contribution in [-0.2, 0) is 16.4 Å². The maximum Gasteiger partial charge on any atom is 0.323 e. The highest BCUT2D eigenvalue weighted by Crippen LogP contribution is 2.34. The zero-order valence-electron chi connectivity index (χ0n) is 16.2. The summed E-state index contributed by atoms with van der Waals surface area (Å²) in [5.41, 5.74) is 3.61. The molecular weight excluding hydrogens is 422 g/mol.